The largest absolute Gasteiger partial charge is 0.497 e. The maximum Gasteiger partial charge on any atom is 0.261 e. The number of carbonyl (C=O) groups excluding carboxylic acids is 1. The Kier molecular flexibility index (Phi) is 4.66. The number of anilines is 1. The number of rotatable bonds is 3. The Labute approximate surface area is 179 Å². The second-order valence-electron chi connectivity index (χ2n) is 7.82. The number of fused-ring (bicyclic) bond motifs is 3. The van der Waals surface area contributed by atoms with E-state index in [1.165, 1.54) is 0 Å². The SMILES string of the molecule is COc1ccc(N2CCN(C(=O)c3cc4n(C)c(=O)c5ccccc5n4c3)CC2)cc1. The number of piperazine rings is 1. The number of ether oxygens (including phenoxy) is 1. The lowest BCUT2D eigenvalue weighted by Crippen LogP contribution is -2.48. The summed E-state index contributed by atoms with van der Waals surface area (Å²) in [6, 6.07) is 17.3. The number of carbonyl (C=O) groups is 1. The number of methoxy groups -OCH3 is 1. The lowest BCUT2D eigenvalue weighted by Gasteiger charge is -2.36. The number of aryl methyl sites for hydroxylation is 1. The van der Waals surface area contributed by atoms with Gasteiger partial charge >= 0.3 is 0 Å². The first-order chi connectivity index (χ1) is 15.1. The van der Waals surface area contributed by atoms with E-state index in [1.807, 2.05) is 70.1 Å². The van der Waals surface area contributed by atoms with Gasteiger partial charge in [0.05, 0.1) is 23.6 Å². The molecule has 7 heteroatoms. The van der Waals surface area contributed by atoms with Crippen LogP contribution in [0.2, 0.25) is 0 Å². The third-order valence-electron chi connectivity index (χ3n) is 6.09. The molecule has 31 heavy (non-hydrogen) atoms. The Hall–Kier alpha value is -3.74. The van der Waals surface area contributed by atoms with E-state index >= 15 is 0 Å². The van der Waals surface area contributed by atoms with Crippen LogP contribution >= 0.6 is 0 Å². The van der Waals surface area contributed by atoms with Crippen molar-refractivity contribution in [1.29, 1.82) is 0 Å². The summed E-state index contributed by atoms with van der Waals surface area (Å²) in [5.41, 5.74) is 3.19. The zero-order valence-electron chi connectivity index (χ0n) is 17.6. The van der Waals surface area contributed by atoms with Gasteiger partial charge in [-0.2, -0.15) is 0 Å². The smallest absolute Gasteiger partial charge is 0.261 e. The molecular formula is C24H24N4O3. The van der Waals surface area contributed by atoms with Crippen LogP contribution in [0.3, 0.4) is 0 Å². The second kappa shape index (κ2) is 7.50. The molecule has 1 amide bonds. The molecule has 2 aromatic heterocycles. The van der Waals surface area contributed by atoms with Crippen molar-refractivity contribution in [3.63, 3.8) is 0 Å². The molecule has 5 rings (SSSR count). The number of benzene rings is 2. The van der Waals surface area contributed by atoms with E-state index in [0.717, 1.165) is 30.0 Å². The van der Waals surface area contributed by atoms with Crippen molar-refractivity contribution in [2.75, 3.05) is 38.2 Å². The normalized spacial score (nSPS) is 14.4. The van der Waals surface area contributed by atoms with E-state index < -0.39 is 0 Å². The summed E-state index contributed by atoms with van der Waals surface area (Å²) >= 11 is 0. The van der Waals surface area contributed by atoms with Gasteiger partial charge in [0.15, 0.2) is 0 Å². The third-order valence-corrected chi connectivity index (χ3v) is 6.09. The van der Waals surface area contributed by atoms with Gasteiger partial charge in [-0.1, -0.05) is 12.1 Å². The van der Waals surface area contributed by atoms with Gasteiger partial charge in [-0.15, -0.1) is 0 Å². The highest BCUT2D eigenvalue weighted by atomic mass is 16.5. The molecule has 3 heterocycles. The van der Waals surface area contributed by atoms with Crippen LogP contribution in [0.4, 0.5) is 5.69 Å². The maximum absolute atomic E-state index is 13.2. The highest BCUT2D eigenvalue weighted by Crippen LogP contribution is 2.22. The average Bonchev–Trinajstić information content (AvgIpc) is 3.28. The summed E-state index contributed by atoms with van der Waals surface area (Å²) in [5, 5.41) is 0.639. The van der Waals surface area contributed by atoms with Gasteiger partial charge in [-0.05, 0) is 42.5 Å². The molecule has 1 fully saturated rings. The fourth-order valence-electron chi connectivity index (χ4n) is 4.31. The van der Waals surface area contributed by atoms with Gasteiger partial charge in [0.2, 0.25) is 0 Å². The number of nitrogens with zero attached hydrogens (tertiary/aromatic N) is 4. The monoisotopic (exact) mass is 416 g/mol. The van der Waals surface area contributed by atoms with Gasteiger partial charge in [0.25, 0.3) is 11.5 Å². The van der Waals surface area contributed by atoms with Crippen LogP contribution in [-0.4, -0.2) is 53.1 Å². The molecule has 1 saturated heterocycles. The summed E-state index contributed by atoms with van der Waals surface area (Å²) in [6.45, 7) is 2.84. The maximum atomic E-state index is 13.2. The summed E-state index contributed by atoms with van der Waals surface area (Å²) < 4.78 is 8.75. The van der Waals surface area contributed by atoms with Crippen LogP contribution in [0.1, 0.15) is 10.4 Å². The Balaban J connectivity index is 1.39. The fourth-order valence-corrected chi connectivity index (χ4v) is 4.31. The predicted molar refractivity (Wildman–Crippen MR) is 121 cm³/mol. The van der Waals surface area contributed by atoms with E-state index in [1.54, 1.807) is 18.7 Å². The van der Waals surface area contributed by atoms with Crippen molar-refractivity contribution in [3.8, 4) is 5.75 Å². The van der Waals surface area contributed by atoms with Crippen molar-refractivity contribution in [1.82, 2.24) is 13.9 Å². The number of aromatic nitrogens is 2. The van der Waals surface area contributed by atoms with Crippen molar-refractivity contribution in [3.05, 3.63) is 76.7 Å². The predicted octanol–water partition coefficient (Wildman–Crippen LogP) is 2.76. The van der Waals surface area contributed by atoms with Gasteiger partial charge < -0.3 is 18.9 Å². The van der Waals surface area contributed by atoms with Crippen molar-refractivity contribution < 1.29 is 9.53 Å². The molecule has 0 saturated carbocycles. The Bertz CT molecular complexity index is 1330. The molecule has 0 aliphatic carbocycles. The molecule has 158 valence electrons. The van der Waals surface area contributed by atoms with E-state index in [2.05, 4.69) is 4.90 Å². The molecule has 0 spiro atoms. The fraction of sp³-hybridized carbons (Fsp3) is 0.250. The number of hydrogen-bond donors (Lipinski definition) is 0. The van der Waals surface area contributed by atoms with Gasteiger partial charge in [0, 0.05) is 45.1 Å². The molecule has 0 atom stereocenters. The zero-order chi connectivity index (χ0) is 21.5. The molecule has 7 nitrogen and oxygen atoms in total. The summed E-state index contributed by atoms with van der Waals surface area (Å²) in [4.78, 5) is 30.1. The molecule has 1 aliphatic rings. The summed E-state index contributed by atoms with van der Waals surface area (Å²) in [5.74, 6) is 0.829. The minimum Gasteiger partial charge on any atom is -0.497 e. The number of amides is 1. The van der Waals surface area contributed by atoms with Crippen LogP contribution in [0.25, 0.3) is 16.6 Å². The van der Waals surface area contributed by atoms with E-state index in [4.69, 9.17) is 4.74 Å². The highest BCUT2D eigenvalue weighted by molar-refractivity contribution is 5.96. The molecule has 2 aromatic carbocycles. The standard InChI is InChI=1S/C24H24N4O3/c1-25-22-15-17(16-28(22)21-6-4-3-5-20(21)24(25)30)23(29)27-13-11-26(12-14-27)18-7-9-19(31-2)10-8-18/h3-10,15-16H,11-14H2,1-2H3. The van der Waals surface area contributed by atoms with Crippen LogP contribution < -0.4 is 15.2 Å². The Morgan fingerprint density at radius 3 is 2.39 bits per heavy atom. The van der Waals surface area contributed by atoms with Crippen LogP contribution in [-0.2, 0) is 7.05 Å². The molecule has 1 aliphatic heterocycles. The first-order valence-corrected chi connectivity index (χ1v) is 10.3. The summed E-state index contributed by atoms with van der Waals surface area (Å²) in [7, 11) is 3.40. The van der Waals surface area contributed by atoms with Crippen LogP contribution in [0.5, 0.6) is 5.75 Å². The molecule has 0 N–H and O–H groups in total. The third kappa shape index (κ3) is 3.22. The van der Waals surface area contributed by atoms with E-state index in [9.17, 15) is 9.59 Å². The minimum atomic E-state index is -0.0618. The first-order valence-electron chi connectivity index (χ1n) is 10.3. The molecule has 4 aromatic rings. The second-order valence-corrected chi connectivity index (χ2v) is 7.82. The highest BCUT2D eigenvalue weighted by Gasteiger charge is 2.24. The zero-order valence-corrected chi connectivity index (χ0v) is 17.6. The molecule has 0 unspecified atom stereocenters. The molecule has 0 radical (unpaired) electrons. The topological polar surface area (TPSA) is 59.2 Å². The van der Waals surface area contributed by atoms with Gasteiger partial charge in [0.1, 0.15) is 11.4 Å². The molecular weight excluding hydrogens is 392 g/mol. The van der Waals surface area contributed by atoms with Crippen LogP contribution in [0, 0.1) is 0 Å². The lowest BCUT2D eigenvalue weighted by atomic mass is 10.2. The summed E-state index contributed by atoms with van der Waals surface area (Å²) in [6.07, 6.45) is 1.84. The number of para-hydroxylation sites is 1. The van der Waals surface area contributed by atoms with Gasteiger partial charge in [-0.3, -0.25) is 14.2 Å². The Morgan fingerprint density at radius 2 is 1.68 bits per heavy atom. The van der Waals surface area contributed by atoms with Gasteiger partial charge in [-0.25, -0.2) is 0 Å². The minimum absolute atomic E-state index is 0.00499. The quantitative estimate of drug-likeness (QED) is 0.515. The molecule has 0 bridgehead atoms. The Morgan fingerprint density at radius 1 is 0.968 bits per heavy atom. The van der Waals surface area contributed by atoms with Crippen molar-refractivity contribution >= 4 is 28.1 Å². The van der Waals surface area contributed by atoms with E-state index in [-0.39, 0.29) is 11.5 Å². The van der Waals surface area contributed by atoms with Crippen molar-refractivity contribution in [2.45, 2.75) is 0 Å². The van der Waals surface area contributed by atoms with Crippen LogP contribution in [0.15, 0.2) is 65.6 Å². The van der Waals surface area contributed by atoms with Crippen molar-refractivity contribution in [2.24, 2.45) is 7.05 Å². The average molecular weight is 416 g/mol. The number of hydrogen-bond acceptors (Lipinski definition) is 4. The van der Waals surface area contributed by atoms with E-state index in [0.29, 0.717) is 29.7 Å². The lowest BCUT2D eigenvalue weighted by molar-refractivity contribution is 0.0747. The first kappa shape index (κ1) is 19.2.